The molecule has 2 rings (SSSR count). The summed E-state index contributed by atoms with van der Waals surface area (Å²) in [4.78, 5) is 24.3. The molecule has 0 aliphatic carbocycles. The monoisotopic (exact) mass is 367 g/mol. The summed E-state index contributed by atoms with van der Waals surface area (Å²) in [5, 5.41) is 2.97. The Hall–Kier alpha value is -2.24. The van der Waals surface area contributed by atoms with E-state index in [0.717, 1.165) is 0 Å². The molecule has 7 heteroatoms. The molecule has 0 fully saturated rings. The zero-order chi connectivity index (χ0) is 17.7. The molecule has 0 radical (unpaired) electrons. The van der Waals surface area contributed by atoms with E-state index in [1.807, 2.05) is 0 Å². The van der Waals surface area contributed by atoms with Crippen molar-refractivity contribution in [2.24, 2.45) is 0 Å². The predicted molar refractivity (Wildman–Crippen MR) is 93.0 cm³/mol. The van der Waals surface area contributed by atoms with Crippen molar-refractivity contribution in [3.05, 3.63) is 58.1 Å². The lowest BCUT2D eigenvalue weighted by atomic mass is 10.2. The smallest absolute Gasteiger partial charge is 0.340 e. The number of rotatable bonds is 5. The molecule has 0 aromatic heterocycles. The summed E-state index contributed by atoms with van der Waals surface area (Å²) in [5.41, 5.74) is 0.633. The SMILES string of the molecule is COc1cccc(NC(=O)[C@H](C)OC(=O)c2cccc(Cl)c2Cl)c1. The number of methoxy groups -OCH3 is 1. The predicted octanol–water partition coefficient (Wildman–Crippen LogP) is 4.19. The number of hydrogen-bond donors (Lipinski definition) is 1. The molecule has 0 bridgehead atoms. The van der Waals surface area contributed by atoms with Gasteiger partial charge in [0.2, 0.25) is 0 Å². The van der Waals surface area contributed by atoms with Crippen molar-refractivity contribution in [1.82, 2.24) is 0 Å². The van der Waals surface area contributed by atoms with E-state index in [1.165, 1.54) is 20.1 Å². The highest BCUT2D eigenvalue weighted by molar-refractivity contribution is 6.43. The minimum atomic E-state index is -1.02. The Morgan fingerprint density at radius 3 is 2.54 bits per heavy atom. The van der Waals surface area contributed by atoms with Gasteiger partial charge in [0.25, 0.3) is 5.91 Å². The maximum atomic E-state index is 12.1. The van der Waals surface area contributed by atoms with Crippen molar-refractivity contribution >= 4 is 40.8 Å². The second kappa shape index (κ2) is 8.04. The van der Waals surface area contributed by atoms with Crippen LogP contribution in [0.3, 0.4) is 0 Å². The first-order valence-corrected chi connectivity index (χ1v) is 7.78. The molecule has 0 saturated carbocycles. The topological polar surface area (TPSA) is 64.6 Å². The van der Waals surface area contributed by atoms with E-state index in [9.17, 15) is 9.59 Å². The first kappa shape index (κ1) is 18.1. The molecule has 0 saturated heterocycles. The number of halogens is 2. The Balaban J connectivity index is 2.03. The molecule has 126 valence electrons. The van der Waals surface area contributed by atoms with Gasteiger partial charge in [0.05, 0.1) is 22.7 Å². The second-order valence-corrected chi connectivity index (χ2v) is 5.66. The van der Waals surface area contributed by atoms with Crippen LogP contribution in [0.4, 0.5) is 5.69 Å². The maximum Gasteiger partial charge on any atom is 0.340 e. The molecule has 0 spiro atoms. The fourth-order valence-electron chi connectivity index (χ4n) is 1.88. The van der Waals surface area contributed by atoms with Crippen LogP contribution >= 0.6 is 23.2 Å². The van der Waals surface area contributed by atoms with Crippen molar-refractivity contribution in [2.75, 3.05) is 12.4 Å². The number of anilines is 1. The summed E-state index contributed by atoms with van der Waals surface area (Å²) >= 11 is 11.8. The number of nitrogens with one attached hydrogen (secondary N) is 1. The van der Waals surface area contributed by atoms with Crippen LogP contribution in [-0.2, 0) is 9.53 Å². The summed E-state index contributed by atoms with van der Waals surface area (Å²) in [5.74, 6) is -0.603. The molecule has 0 aliphatic rings. The fourth-order valence-corrected chi connectivity index (χ4v) is 2.26. The molecule has 0 aliphatic heterocycles. The van der Waals surface area contributed by atoms with Crippen LogP contribution in [0, 0.1) is 0 Å². The lowest BCUT2D eigenvalue weighted by molar-refractivity contribution is -0.123. The average Bonchev–Trinajstić information content (AvgIpc) is 2.57. The van der Waals surface area contributed by atoms with Gasteiger partial charge in [-0.3, -0.25) is 4.79 Å². The van der Waals surface area contributed by atoms with Gasteiger partial charge in [-0.25, -0.2) is 4.79 Å². The van der Waals surface area contributed by atoms with E-state index in [-0.39, 0.29) is 15.6 Å². The van der Waals surface area contributed by atoms with Gasteiger partial charge in [-0.2, -0.15) is 0 Å². The zero-order valence-corrected chi connectivity index (χ0v) is 14.5. The van der Waals surface area contributed by atoms with Crippen LogP contribution in [0.25, 0.3) is 0 Å². The molecular weight excluding hydrogens is 353 g/mol. The second-order valence-electron chi connectivity index (χ2n) is 4.87. The summed E-state index contributed by atoms with van der Waals surface area (Å²) in [6.45, 7) is 1.46. The molecular formula is C17H15Cl2NO4. The Bertz CT molecular complexity index is 764. The number of carbonyl (C=O) groups is 2. The van der Waals surface area contributed by atoms with Crippen molar-refractivity contribution in [3.63, 3.8) is 0 Å². The van der Waals surface area contributed by atoms with Crippen molar-refractivity contribution in [1.29, 1.82) is 0 Å². The highest BCUT2D eigenvalue weighted by atomic mass is 35.5. The molecule has 0 heterocycles. The van der Waals surface area contributed by atoms with Gasteiger partial charge in [0, 0.05) is 11.8 Å². The van der Waals surface area contributed by atoms with E-state index in [2.05, 4.69) is 5.32 Å². The van der Waals surface area contributed by atoms with E-state index < -0.39 is 18.0 Å². The van der Waals surface area contributed by atoms with E-state index in [1.54, 1.807) is 36.4 Å². The first-order chi connectivity index (χ1) is 11.4. The Kier molecular flexibility index (Phi) is 6.06. The van der Waals surface area contributed by atoms with E-state index in [4.69, 9.17) is 32.7 Å². The molecule has 1 atom stereocenters. The number of benzene rings is 2. The third-order valence-corrected chi connectivity index (χ3v) is 3.98. The Morgan fingerprint density at radius 2 is 1.83 bits per heavy atom. The quantitative estimate of drug-likeness (QED) is 0.804. The zero-order valence-electron chi connectivity index (χ0n) is 13.0. The van der Waals surface area contributed by atoms with Crippen LogP contribution in [0.2, 0.25) is 10.0 Å². The van der Waals surface area contributed by atoms with Crippen molar-refractivity contribution in [2.45, 2.75) is 13.0 Å². The molecule has 2 aromatic carbocycles. The van der Waals surface area contributed by atoms with Gasteiger partial charge in [-0.1, -0.05) is 35.3 Å². The largest absolute Gasteiger partial charge is 0.497 e. The van der Waals surface area contributed by atoms with Gasteiger partial charge >= 0.3 is 5.97 Å². The fraction of sp³-hybridized carbons (Fsp3) is 0.176. The number of ether oxygens (including phenoxy) is 2. The number of hydrogen-bond acceptors (Lipinski definition) is 4. The molecule has 1 N–H and O–H groups in total. The standard InChI is InChI=1S/C17H15Cl2NO4/c1-10(16(21)20-11-5-3-6-12(9-11)23-2)24-17(22)13-7-4-8-14(18)15(13)19/h3-10H,1-2H3,(H,20,21)/t10-/m0/s1. The molecule has 2 aromatic rings. The van der Waals surface area contributed by atoms with Crippen LogP contribution in [0.5, 0.6) is 5.75 Å². The highest BCUT2D eigenvalue weighted by Gasteiger charge is 2.21. The van der Waals surface area contributed by atoms with Gasteiger partial charge < -0.3 is 14.8 Å². The Morgan fingerprint density at radius 1 is 1.12 bits per heavy atom. The minimum absolute atomic E-state index is 0.0876. The molecule has 0 unspecified atom stereocenters. The van der Waals surface area contributed by atoms with Crippen LogP contribution in [0.1, 0.15) is 17.3 Å². The highest BCUT2D eigenvalue weighted by Crippen LogP contribution is 2.26. The van der Waals surface area contributed by atoms with Crippen LogP contribution in [0.15, 0.2) is 42.5 Å². The van der Waals surface area contributed by atoms with Gasteiger partial charge in [0.15, 0.2) is 6.10 Å². The van der Waals surface area contributed by atoms with Gasteiger partial charge in [-0.05, 0) is 31.2 Å². The number of amides is 1. The third-order valence-electron chi connectivity index (χ3n) is 3.16. The summed E-state index contributed by atoms with van der Waals surface area (Å²) in [7, 11) is 1.53. The lowest BCUT2D eigenvalue weighted by Crippen LogP contribution is -2.30. The van der Waals surface area contributed by atoms with Crippen LogP contribution < -0.4 is 10.1 Å². The van der Waals surface area contributed by atoms with Crippen LogP contribution in [-0.4, -0.2) is 25.1 Å². The van der Waals surface area contributed by atoms with Crippen molar-refractivity contribution in [3.8, 4) is 5.75 Å². The molecule has 24 heavy (non-hydrogen) atoms. The average molecular weight is 368 g/mol. The number of esters is 1. The summed E-state index contributed by atoms with van der Waals surface area (Å²) in [6, 6.07) is 11.4. The van der Waals surface area contributed by atoms with E-state index in [0.29, 0.717) is 11.4 Å². The summed E-state index contributed by atoms with van der Waals surface area (Å²) in [6.07, 6.45) is -1.02. The normalized spacial score (nSPS) is 11.5. The van der Waals surface area contributed by atoms with Gasteiger partial charge in [0.1, 0.15) is 5.75 Å². The number of carbonyl (C=O) groups excluding carboxylic acids is 2. The maximum absolute atomic E-state index is 12.1. The minimum Gasteiger partial charge on any atom is -0.497 e. The molecule has 1 amide bonds. The lowest BCUT2D eigenvalue weighted by Gasteiger charge is -2.14. The van der Waals surface area contributed by atoms with Crippen molar-refractivity contribution < 1.29 is 19.1 Å². The molecule has 5 nitrogen and oxygen atoms in total. The third kappa shape index (κ3) is 4.40. The van der Waals surface area contributed by atoms with Gasteiger partial charge in [-0.15, -0.1) is 0 Å². The summed E-state index contributed by atoms with van der Waals surface area (Å²) < 4.78 is 10.2. The van der Waals surface area contributed by atoms with E-state index >= 15 is 0 Å². The Labute approximate surface area is 149 Å². The first-order valence-electron chi connectivity index (χ1n) is 7.02.